The number of pyridine rings is 1. The summed E-state index contributed by atoms with van der Waals surface area (Å²) in [6.45, 7) is 0.674. The van der Waals surface area contributed by atoms with Gasteiger partial charge in [0.2, 0.25) is 5.91 Å². The zero-order chi connectivity index (χ0) is 16.2. The van der Waals surface area contributed by atoms with Crippen molar-refractivity contribution >= 4 is 29.1 Å². The SMILES string of the molecule is O=C(NCCCc1cccnc1)[C@@H]1C[C@H]1c1c(Cl)cccc1Cl. The molecule has 0 unspecified atom stereocenters. The predicted molar refractivity (Wildman–Crippen MR) is 92.9 cm³/mol. The third-order valence-electron chi connectivity index (χ3n) is 4.16. The molecular formula is C18H18Cl2N2O. The fourth-order valence-electron chi connectivity index (χ4n) is 2.85. The van der Waals surface area contributed by atoms with Crippen LogP contribution in [0.15, 0.2) is 42.7 Å². The molecule has 1 N–H and O–H groups in total. The number of aromatic nitrogens is 1. The summed E-state index contributed by atoms with van der Waals surface area (Å²) in [7, 11) is 0. The normalized spacial score (nSPS) is 19.4. The van der Waals surface area contributed by atoms with Crippen LogP contribution >= 0.6 is 23.2 Å². The van der Waals surface area contributed by atoms with E-state index in [0.29, 0.717) is 16.6 Å². The van der Waals surface area contributed by atoms with Gasteiger partial charge in [0.25, 0.3) is 0 Å². The lowest BCUT2D eigenvalue weighted by Crippen LogP contribution is -2.26. The summed E-state index contributed by atoms with van der Waals surface area (Å²) in [4.78, 5) is 16.3. The van der Waals surface area contributed by atoms with Crippen LogP contribution in [-0.4, -0.2) is 17.4 Å². The van der Waals surface area contributed by atoms with Crippen molar-refractivity contribution in [3.63, 3.8) is 0 Å². The van der Waals surface area contributed by atoms with Gasteiger partial charge in [-0.3, -0.25) is 9.78 Å². The molecule has 0 aliphatic heterocycles. The maximum atomic E-state index is 12.2. The topological polar surface area (TPSA) is 42.0 Å². The average Bonchev–Trinajstić information content (AvgIpc) is 3.33. The molecule has 0 bridgehead atoms. The minimum absolute atomic E-state index is 0.00853. The fraction of sp³-hybridized carbons (Fsp3) is 0.333. The minimum Gasteiger partial charge on any atom is -0.356 e. The van der Waals surface area contributed by atoms with E-state index in [4.69, 9.17) is 23.2 Å². The largest absolute Gasteiger partial charge is 0.356 e. The second-order valence-electron chi connectivity index (χ2n) is 5.84. The monoisotopic (exact) mass is 348 g/mol. The number of halogens is 2. The lowest BCUT2D eigenvalue weighted by molar-refractivity contribution is -0.122. The molecule has 1 aromatic heterocycles. The van der Waals surface area contributed by atoms with Gasteiger partial charge < -0.3 is 5.32 Å². The summed E-state index contributed by atoms with van der Waals surface area (Å²) in [6, 6.07) is 9.44. The first kappa shape index (κ1) is 16.3. The Balaban J connectivity index is 1.46. The first-order valence-electron chi connectivity index (χ1n) is 7.77. The fourth-order valence-corrected chi connectivity index (χ4v) is 3.53. The van der Waals surface area contributed by atoms with Crippen LogP contribution in [0, 0.1) is 5.92 Å². The Labute approximate surface area is 146 Å². The van der Waals surface area contributed by atoms with Crippen LogP contribution in [0.5, 0.6) is 0 Å². The number of nitrogens with one attached hydrogen (secondary N) is 1. The molecule has 2 aromatic rings. The second kappa shape index (κ2) is 7.33. The van der Waals surface area contributed by atoms with E-state index in [1.165, 1.54) is 5.56 Å². The molecule has 0 saturated heterocycles. The van der Waals surface area contributed by atoms with Gasteiger partial charge >= 0.3 is 0 Å². The van der Waals surface area contributed by atoms with Crippen molar-refractivity contribution in [3.05, 3.63) is 63.9 Å². The van der Waals surface area contributed by atoms with E-state index in [-0.39, 0.29) is 17.7 Å². The third kappa shape index (κ3) is 4.04. The molecule has 1 aromatic carbocycles. The van der Waals surface area contributed by atoms with Crippen LogP contribution in [0.25, 0.3) is 0 Å². The van der Waals surface area contributed by atoms with E-state index >= 15 is 0 Å². The van der Waals surface area contributed by atoms with Crippen molar-refractivity contribution in [3.8, 4) is 0 Å². The highest BCUT2D eigenvalue weighted by Gasteiger charge is 2.45. The van der Waals surface area contributed by atoms with Crippen LogP contribution in [0.2, 0.25) is 10.0 Å². The number of benzene rings is 1. The molecule has 1 amide bonds. The third-order valence-corrected chi connectivity index (χ3v) is 4.82. The van der Waals surface area contributed by atoms with Gasteiger partial charge in [0.05, 0.1) is 0 Å². The lowest BCUT2D eigenvalue weighted by atomic mass is 10.1. The average molecular weight is 349 g/mol. The Bertz CT molecular complexity index is 670. The van der Waals surface area contributed by atoms with E-state index in [9.17, 15) is 4.79 Å². The molecule has 1 fully saturated rings. The highest BCUT2D eigenvalue weighted by Crippen LogP contribution is 2.51. The Morgan fingerprint density at radius 2 is 2.00 bits per heavy atom. The van der Waals surface area contributed by atoms with Gasteiger partial charge in [-0.05, 0) is 54.5 Å². The van der Waals surface area contributed by atoms with Crippen LogP contribution in [0.4, 0.5) is 0 Å². The summed E-state index contributed by atoms with van der Waals surface area (Å²) < 4.78 is 0. The number of nitrogens with zero attached hydrogens (tertiary/aromatic N) is 1. The summed E-state index contributed by atoms with van der Waals surface area (Å²) in [5.74, 6) is 0.234. The Morgan fingerprint density at radius 1 is 1.22 bits per heavy atom. The number of hydrogen-bond acceptors (Lipinski definition) is 2. The molecule has 120 valence electrons. The molecule has 1 aliphatic rings. The van der Waals surface area contributed by atoms with E-state index in [2.05, 4.69) is 10.3 Å². The van der Waals surface area contributed by atoms with Gasteiger partial charge in [0.1, 0.15) is 0 Å². The van der Waals surface area contributed by atoms with Gasteiger partial charge in [0.15, 0.2) is 0 Å². The van der Waals surface area contributed by atoms with Crippen LogP contribution in [0.1, 0.15) is 29.9 Å². The van der Waals surface area contributed by atoms with Crippen LogP contribution < -0.4 is 5.32 Å². The quantitative estimate of drug-likeness (QED) is 0.793. The number of aryl methyl sites for hydroxylation is 1. The number of hydrogen-bond donors (Lipinski definition) is 1. The van der Waals surface area contributed by atoms with Gasteiger partial charge in [0, 0.05) is 34.9 Å². The first-order chi connectivity index (χ1) is 11.2. The molecule has 5 heteroatoms. The number of amides is 1. The van der Waals surface area contributed by atoms with Gasteiger partial charge in [-0.25, -0.2) is 0 Å². The number of rotatable bonds is 6. The summed E-state index contributed by atoms with van der Waals surface area (Å²) in [5, 5.41) is 4.30. The smallest absolute Gasteiger partial charge is 0.223 e. The van der Waals surface area contributed by atoms with E-state index < -0.39 is 0 Å². The molecular weight excluding hydrogens is 331 g/mol. The Morgan fingerprint density at radius 3 is 2.70 bits per heavy atom. The molecule has 23 heavy (non-hydrogen) atoms. The van der Waals surface area contributed by atoms with Crippen molar-refractivity contribution in [2.24, 2.45) is 5.92 Å². The Kier molecular flexibility index (Phi) is 5.19. The van der Waals surface area contributed by atoms with E-state index in [1.807, 2.05) is 36.5 Å². The summed E-state index contributed by atoms with van der Waals surface area (Å²) in [5.41, 5.74) is 2.10. The molecule has 0 spiro atoms. The highest BCUT2D eigenvalue weighted by atomic mass is 35.5. The standard InChI is InChI=1S/C18H18Cl2N2O/c19-15-6-1-7-16(20)17(15)13-10-14(13)18(23)22-9-3-5-12-4-2-8-21-11-12/h1-2,4,6-8,11,13-14H,3,5,9-10H2,(H,22,23)/t13-,14-/m1/s1. The maximum Gasteiger partial charge on any atom is 0.223 e. The molecule has 3 nitrogen and oxygen atoms in total. The number of carbonyl (C=O) groups is 1. The second-order valence-corrected chi connectivity index (χ2v) is 6.65. The Hall–Kier alpha value is -1.58. The summed E-state index contributed by atoms with van der Waals surface area (Å²) in [6.07, 6.45) is 6.26. The van der Waals surface area contributed by atoms with Crippen LogP contribution in [-0.2, 0) is 11.2 Å². The molecule has 3 rings (SSSR count). The highest BCUT2D eigenvalue weighted by molar-refractivity contribution is 6.36. The minimum atomic E-state index is -0.00853. The van der Waals surface area contributed by atoms with Gasteiger partial charge in [-0.1, -0.05) is 35.3 Å². The van der Waals surface area contributed by atoms with Crippen LogP contribution in [0.3, 0.4) is 0 Å². The zero-order valence-corrected chi connectivity index (χ0v) is 14.1. The molecule has 1 saturated carbocycles. The molecule has 0 radical (unpaired) electrons. The molecule has 2 atom stereocenters. The molecule has 1 heterocycles. The van der Waals surface area contributed by atoms with Gasteiger partial charge in [-0.15, -0.1) is 0 Å². The number of carbonyl (C=O) groups excluding carboxylic acids is 1. The molecule has 1 aliphatic carbocycles. The van der Waals surface area contributed by atoms with Crippen molar-refractivity contribution in [1.29, 1.82) is 0 Å². The van der Waals surface area contributed by atoms with Gasteiger partial charge in [-0.2, -0.15) is 0 Å². The first-order valence-corrected chi connectivity index (χ1v) is 8.53. The summed E-state index contributed by atoms with van der Waals surface area (Å²) >= 11 is 12.4. The van der Waals surface area contributed by atoms with Crippen molar-refractivity contribution in [2.75, 3.05) is 6.54 Å². The van der Waals surface area contributed by atoms with E-state index in [0.717, 1.165) is 24.8 Å². The van der Waals surface area contributed by atoms with E-state index in [1.54, 1.807) is 6.20 Å². The van der Waals surface area contributed by atoms with Crippen molar-refractivity contribution in [2.45, 2.75) is 25.2 Å². The van der Waals surface area contributed by atoms with Crippen molar-refractivity contribution < 1.29 is 4.79 Å². The maximum absolute atomic E-state index is 12.2. The lowest BCUT2D eigenvalue weighted by Gasteiger charge is -2.07. The van der Waals surface area contributed by atoms with Crippen molar-refractivity contribution in [1.82, 2.24) is 10.3 Å². The zero-order valence-electron chi connectivity index (χ0n) is 12.6. The predicted octanol–water partition coefficient (Wildman–Crippen LogP) is 4.24.